The highest BCUT2D eigenvalue weighted by Gasteiger charge is 2.32. The van der Waals surface area contributed by atoms with Crippen LogP contribution < -0.4 is 10.6 Å². The lowest BCUT2D eigenvalue weighted by atomic mass is 10.1. The third-order valence-electron chi connectivity index (χ3n) is 5.81. The molecule has 2 aliphatic heterocycles. The van der Waals surface area contributed by atoms with Crippen molar-refractivity contribution in [1.29, 1.82) is 0 Å². The second-order valence-corrected chi connectivity index (χ2v) is 8.84. The van der Waals surface area contributed by atoms with E-state index in [-0.39, 0.29) is 6.04 Å². The molecule has 4 unspecified atom stereocenters. The van der Waals surface area contributed by atoms with Gasteiger partial charge in [0.25, 0.3) is 0 Å². The van der Waals surface area contributed by atoms with E-state index in [9.17, 15) is 4.79 Å². The summed E-state index contributed by atoms with van der Waals surface area (Å²) in [5.41, 5.74) is 0. The molecule has 5 nitrogen and oxygen atoms in total. The number of hydrogen-bond acceptors (Lipinski definition) is 5. The maximum Gasteiger partial charge on any atom is 0.164 e. The quantitative estimate of drug-likeness (QED) is 0.663. The highest BCUT2D eigenvalue weighted by atomic mass is 16.1. The van der Waals surface area contributed by atoms with Crippen LogP contribution in [0.3, 0.4) is 0 Å². The summed E-state index contributed by atoms with van der Waals surface area (Å²) in [7, 11) is 0. The summed E-state index contributed by atoms with van der Waals surface area (Å²) in [6.45, 7) is 17.2. The molecule has 0 aromatic rings. The minimum Gasteiger partial charge on any atom is -0.310 e. The number of hydrogen-bond donors (Lipinski definition) is 2. The lowest BCUT2D eigenvalue weighted by Crippen LogP contribution is -2.43. The van der Waals surface area contributed by atoms with Gasteiger partial charge in [0.1, 0.15) is 0 Å². The Morgan fingerprint density at radius 3 is 2.32 bits per heavy atom. The van der Waals surface area contributed by atoms with Crippen molar-refractivity contribution in [3.8, 4) is 0 Å². The standard InChI is InChI=1S/C20H40N4O/c1-14(2)21-18-9-10-23(11-18)17(6)8-7-16(5)22-19-12-24(15(3)4)13-20(19)25/h14-19,21-22H,7-13H2,1-6H3. The summed E-state index contributed by atoms with van der Waals surface area (Å²) in [5, 5.41) is 7.23. The van der Waals surface area contributed by atoms with Crippen molar-refractivity contribution < 1.29 is 4.79 Å². The second kappa shape index (κ2) is 9.45. The van der Waals surface area contributed by atoms with Crippen LogP contribution >= 0.6 is 0 Å². The van der Waals surface area contributed by atoms with E-state index in [0.29, 0.717) is 42.5 Å². The molecule has 2 saturated heterocycles. The Labute approximate surface area is 154 Å². The molecule has 2 rings (SSSR count). The molecular formula is C20H40N4O. The molecular weight excluding hydrogens is 312 g/mol. The number of ketones is 1. The van der Waals surface area contributed by atoms with E-state index in [0.717, 1.165) is 13.0 Å². The van der Waals surface area contributed by atoms with Crippen LogP contribution in [0.2, 0.25) is 0 Å². The number of Topliss-reactive ketones (excluding diaryl/α,β-unsaturated/α-hetero) is 1. The van der Waals surface area contributed by atoms with Gasteiger partial charge in [-0.2, -0.15) is 0 Å². The summed E-state index contributed by atoms with van der Waals surface area (Å²) in [4.78, 5) is 17.1. The van der Waals surface area contributed by atoms with E-state index in [4.69, 9.17) is 0 Å². The van der Waals surface area contributed by atoms with Gasteiger partial charge < -0.3 is 10.6 Å². The Balaban J connectivity index is 1.68. The zero-order valence-corrected chi connectivity index (χ0v) is 17.2. The third kappa shape index (κ3) is 6.31. The minimum absolute atomic E-state index is 0.0270. The van der Waals surface area contributed by atoms with Crippen LogP contribution in [0.1, 0.15) is 60.8 Å². The molecule has 5 heteroatoms. The average Bonchev–Trinajstić information content (AvgIpc) is 3.12. The van der Waals surface area contributed by atoms with E-state index in [2.05, 4.69) is 62.0 Å². The fraction of sp³-hybridized carbons (Fsp3) is 0.950. The largest absolute Gasteiger partial charge is 0.310 e. The molecule has 25 heavy (non-hydrogen) atoms. The van der Waals surface area contributed by atoms with E-state index < -0.39 is 0 Å². The summed E-state index contributed by atoms with van der Waals surface area (Å²) >= 11 is 0. The van der Waals surface area contributed by atoms with Gasteiger partial charge in [0.15, 0.2) is 5.78 Å². The Hall–Kier alpha value is -0.490. The SMILES string of the molecule is CC(C)NC1CCN(C(C)CCC(C)NC2CN(C(C)C)CC2=O)C1. The van der Waals surface area contributed by atoms with Gasteiger partial charge in [-0.25, -0.2) is 0 Å². The molecule has 2 N–H and O–H groups in total. The zero-order chi connectivity index (χ0) is 18.6. The van der Waals surface area contributed by atoms with Crippen LogP contribution in [0, 0.1) is 0 Å². The van der Waals surface area contributed by atoms with Gasteiger partial charge in [0.2, 0.25) is 0 Å². The molecule has 0 saturated carbocycles. The topological polar surface area (TPSA) is 47.6 Å². The van der Waals surface area contributed by atoms with E-state index in [1.54, 1.807) is 0 Å². The number of rotatable bonds is 9. The molecule has 0 spiro atoms. The average molecular weight is 353 g/mol. The first-order valence-electron chi connectivity index (χ1n) is 10.3. The van der Waals surface area contributed by atoms with Crippen LogP contribution in [0.25, 0.3) is 0 Å². The summed E-state index contributed by atoms with van der Waals surface area (Å²) < 4.78 is 0. The third-order valence-corrected chi connectivity index (χ3v) is 5.81. The van der Waals surface area contributed by atoms with Crippen molar-refractivity contribution in [3.05, 3.63) is 0 Å². The van der Waals surface area contributed by atoms with Crippen LogP contribution in [0.15, 0.2) is 0 Å². The number of likely N-dealkylation sites (tertiary alicyclic amines) is 2. The Kier molecular flexibility index (Phi) is 7.87. The smallest absolute Gasteiger partial charge is 0.164 e. The van der Waals surface area contributed by atoms with E-state index >= 15 is 0 Å². The lowest BCUT2D eigenvalue weighted by Gasteiger charge is -2.27. The van der Waals surface area contributed by atoms with Gasteiger partial charge >= 0.3 is 0 Å². The van der Waals surface area contributed by atoms with Crippen molar-refractivity contribution >= 4 is 5.78 Å². The van der Waals surface area contributed by atoms with E-state index in [1.807, 2.05) is 0 Å². The maximum atomic E-state index is 12.2. The molecule has 4 atom stereocenters. The molecule has 2 aliphatic rings. The van der Waals surface area contributed by atoms with Crippen LogP contribution in [0.5, 0.6) is 0 Å². The predicted molar refractivity (Wildman–Crippen MR) is 105 cm³/mol. The zero-order valence-electron chi connectivity index (χ0n) is 17.2. The van der Waals surface area contributed by atoms with Crippen molar-refractivity contribution in [2.45, 2.75) is 97.1 Å². The normalized spacial score (nSPS) is 28.4. The van der Waals surface area contributed by atoms with Gasteiger partial charge in [0, 0.05) is 49.8 Å². The van der Waals surface area contributed by atoms with Gasteiger partial charge in [-0.15, -0.1) is 0 Å². The molecule has 2 fully saturated rings. The minimum atomic E-state index is 0.0270. The Morgan fingerprint density at radius 1 is 1.00 bits per heavy atom. The highest BCUT2D eigenvalue weighted by molar-refractivity contribution is 5.88. The molecule has 0 radical (unpaired) electrons. The second-order valence-electron chi connectivity index (χ2n) is 8.84. The van der Waals surface area contributed by atoms with Gasteiger partial charge in [-0.3, -0.25) is 14.6 Å². The summed E-state index contributed by atoms with van der Waals surface area (Å²) in [6, 6.07) is 2.72. The summed E-state index contributed by atoms with van der Waals surface area (Å²) in [5.74, 6) is 0.357. The first-order valence-corrected chi connectivity index (χ1v) is 10.3. The predicted octanol–water partition coefficient (Wildman–Crippen LogP) is 1.87. The molecule has 0 aromatic heterocycles. The van der Waals surface area contributed by atoms with E-state index in [1.165, 1.54) is 25.9 Å². The van der Waals surface area contributed by atoms with Crippen LogP contribution in [-0.4, -0.2) is 78.0 Å². The molecule has 146 valence electrons. The first-order chi connectivity index (χ1) is 11.8. The van der Waals surface area contributed by atoms with Crippen molar-refractivity contribution in [1.82, 2.24) is 20.4 Å². The fourth-order valence-corrected chi connectivity index (χ4v) is 4.15. The Morgan fingerprint density at radius 2 is 1.72 bits per heavy atom. The molecule has 2 heterocycles. The van der Waals surface area contributed by atoms with Crippen LogP contribution in [0.4, 0.5) is 0 Å². The van der Waals surface area contributed by atoms with Gasteiger partial charge in [0.05, 0.1) is 12.6 Å². The van der Waals surface area contributed by atoms with Crippen molar-refractivity contribution in [3.63, 3.8) is 0 Å². The molecule has 0 aromatic carbocycles. The number of nitrogens with zero attached hydrogens (tertiary/aromatic N) is 2. The molecule has 0 aliphatic carbocycles. The molecule has 0 bridgehead atoms. The number of nitrogens with one attached hydrogen (secondary N) is 2. The Bertz CT molecular complexity index is 426. The highest BCUT2D eigenvalue weighted by Crippen LogP contribution is 2.18. The van der Waals surface area contributed by atoms with Gasteiger partial charge in [-0.1, -0.05) is 13.8 Å². The van der Waals surface area contributed by atoms with Gasteiger partial charge in [-0.05, 0) is 47.0 Å². The summed E-state index contributed by atoms with van der Waals surface area (Å²) in [6.07, 6.45) is 3.58. The van der Waals surface area contributed by atoms with Crippen LogP contribution in [-0.2, 0) is 4.79 Å². The van der Waals surface area contributed by atoms with Crippen molar-refractivity contribution in [2.75, 3.05) is 26.2 Å². The maximum absolute atomic E-state index is 12.2. The number of carbonyl (C=O) groups is 1. The molecule has 0 amide bonds. The fourth-order valence-electron chi connectivity index (χ4n) is 4.15. The lowest BCUT2D eigenvalue weighted by molar-refractivity contribution is -0.118. The number of carbonyl (C=O) groups excluding carboxylic acids is 1. The monoisotopic (exact) mass is 352 g/mol. The van der Waals surface area contributed by atoms with Crippen molar-refractivity contribution in [2.24, 2.45) is 0 Å². The first kappa shape index (κ1) is 20.8.